The van der Waals surface area contributed by atoms with E-state index in [1.54, 1.807) is 0 Å². The van der Waals surface area contributed by atoms with E-state index >= 15 is 0 Å². The highest BCUT2D eigenvalue weighted by molar-refractivity contribution is 5.77. The van der Waals surface area contributed by atoms with Crippen LogP contribution in [0.2, 0.25) is 0 Å². The van der Waals surface area contributed by atoms with E-state index in [-0.39, 0.29) is 31.3 Å². The van der Waals surface area contributed by atoms with Gasteiger partial charge in [-0.15, -0.1) is 0 Å². The Hall–Kier alpha value is -2.96. The zero-order chi connectivity index (χ0) is 43.1. The molecule has 338 valence electrons. The number of carbonyl (C=O) groups excluding carboxylic acids is 2. The summed E-state index contributed by atoms with van der Waals surface area (Å²) in [5.41, 5.74) is 0. The fourth-order valence-electron chi connectivity index (χ4n) is 6.93. The number of hydrogen-bond donors (Lipinski definition) is 3. The first-order valence-electron chi connectivity index (χ1n) is 24.4. The molecule has 0 rings (SSSR count). The van der Waals surface area contributed by atoms with Crippen LogP contribution in [0.25, 0.3) is 0 Å². The molecular formula is C53H91NO5. The lowest BCUT2D eigenvalue weighted by Gasteiger charge is -2.24. The molecule has 0 aliphatic carbocycles. The van der Waals surface area contributed by atoms with Gasteiger partial charge in [-0.1, -0.05) is 228 Å². The lowest BCUT2D eigenvalue weighted by Crippen LogP contribution is -2.46. The second kappa shape index (κ2) is 46.1. The molecule has 0 radical (unpaired) electrons. The van der Waals surface area contributed by atoms with Crippen LogP contribution >= 0.6 is 0 Å². The van der Waals surface area contributed by atoms with E-state index in [4.69, 9.17) is 4.74 Å². The summed E-state index contributed by atoms with van der Waals surface area (Å²) >= 11 is 0. The van der Waals surface area contributed by atoms with Gasteiger partial charge in [0.05, 0.1) is 25.2 Å². The molecule has 0 aliphatic rings. The molecular weight excluding hydrogens is 731 g/mol. The van der Waals surface area contributed by atoms with E-state index in [9.17, 15) is 19.8 Å². The molecule has 0 aromatic heterocycles. The van der Waals surface area contributed by atoms with Crippen molar-refractivity contribution in [2.24, 2.45) is 0 Å². The van der Waals surface area contributed by atoms with Crippen LogP contribution in [-0.2, 0) is 14.3 Å². The van der Waals surface area contributed by atoms with Gasteiger partial charge >= 0.3 is 5.97 Å². The molecule has 0 fully saturated rings. The summed E-state index contributed by atoms with van der Waals surface area (Å²) in [4.78, 5) is 26.0. The van der Waals surface area contributed by atoms with Crippen molar-refractivity contribution < 1.29 is 24.5 Å². The number of carbonyl (C=O) groups is 2. The highest BCUT2D eigenvalue weighted by Crippen LogP contribution is 2.16. The summed E-state index contributed by atoms with van der Waals surface area (Å²) < 4.78 is 5.85. The Morgan fingerprint density at radius 1 is 0.508 bits per heavy atom. The second-order valence-corrected chi connectivity index (χ2v) is 16.3. The Morgan fingerprint density at radius 3 is 1.44 bits per heavy atom. The van der Waals surface area contributed by atoms with Gasteiger partial charge in [0, 0.05) is 6.42 Å². The quantitative estimate of drug-likeness (QED) is 0.0324. The molecule has 3 N–H and O–H groups in total. The van der Waals surface area contributed by atoms with Gasteiger partial charge in [-0.3, -0.25) is 9.59 Å². The third-order valence-corrected chi connectivity index (χ3v) is 10.6. The third kappa shape index (κ3) is 41.6. The molecule has 0 aromatic rings. The molecule has 1 amide bonds. The van der Waals surface area contributed by atoms with Crippen molar-refractivity contribution in [1.29, 1.82) is 0 Å². The number of amides is 1. The lowest BCUT2D eigenvalue weighted by atomic mass is 10.0. The number of esters is 1. The smallest absolute Gasteiger partial charge is 0.306 e. The molecule has 3 unspecified atom stereocenters. The highest BCUT2D eigenvalue weighted by atomic mass is 16.5. The maximum atomic E-state index is 13.2. The summed E-state index contributed by atoms with van der Waals surface area (Å²) in [7, 11) is 0. The van der Waals surface area contributed by atoms with Gasteiger partial charge in [-0.2, -0.15) is 0 Å². The maximum Gasteiger partial charge on any atom is 0.306 e. The van der Waals surface area contributed by atoms with Crippen LogP contribution in [0, 0.1) is 0 Å². The second-order valence-electron chi connectivity index (χ2n) is 16.3. The topological polar surface area (TPSA) is 95.9 Å². The van der Waals surface area contributed by atoms with E-state index in [0.29, 0.717) is 19.3 Å². The molecule has 0 spiro atoms. The highest BCUT2D eigenvalue weighted by Gasteiger charge is 2.23. The Morgan fingerprint density at radius 2 is 0.932 bits per heavy atom. The van der Waals surface area contributed by atoms with Crippen LogP contribution in [0.15, 0.2) is 85.1 Å². The Bertz CT molecular complexity index is 1150. The zero-order valence-electron chi connectivity index (χ0n) is 38.4. The monoisotopic (exact) mass is 822 g/mol. The number of aliphatic hydroxyl groups is 2. The number of hydrogen-bond acceptors (Lipinski definition) is 5. The molecule has 6 heteroatoms. The summed E-state index contributed by atoms with van der Waals surface area (Å²) in [6.45, 7) is 6.29. The number of nitrogens with one attached hydrogen (secondary N) is 1. The van der Waals surface area contributed by atoms with Crippen molar-refractivity contribution in [3.05, 3.63) is 85.1 Å². The first kappa shape index (κ1) is 56.0. The summed E-state index contributed by atoms with van der Waals surface area (Å²) in [5, 5.41) is 23.7. The van der Waals surface area contributed by atoms with Gasteiger partial charge in [-0.25, -0.2) is 0 Å². The summed E-state index contributed by atoms with van der Waals surface area (Å²) in [6.07, 6.45) is 59.3. The van der Waals surface area contributed by atoms with Gasteiger partial charge in [0.2, 0.25) is 5.91 Å². The van der Waals surface area contributed by atoms with Crippen LogP contribution in [0.5, 0.6) is 0 Å². The molecule has 0 aromatic carbocycles. The molecule has 59 heavy (non-hydrogen) atoms. The molecule has 0 aliphatic heterocycles. The molecule has 3 atom stereocenters. The first-order chi connectivity index (χ1) is 29.0. The van der Waals surface area contributed by atoms with Gasteiger partial charge in [-0.05, 0) is 57.8 Å². The van der Waals surface area contributed by atoms with Crippen molar-refractivity contribution in [1.82, 2.24) is 5.32 Å². The Labute approximate surface area is 363 Å². The van der Waals surface area contributed by atoms with Gasteiger partial charge in [0.15, 0.2) is 0 Å². The number of unbranched alkanes of at least 4 members (excludes halogenated alkanes) is 21. The van der Waals surface area contributed by atoms with Crippen LogP contribution in [0.1, 0.15) is 213 Å². The van der Waals surface area contributed by atoms with E-state index in [1.807, 2.05) is 54.7 Å². The van der Waals surface area contributed by atoms with Gasteiger partial charge < -0.3 is 20.3 Å². The van der Waals surface area contributed by atoms with Gasteiger partial charge in [0.25, 0.3) is 0 Å². The lowest BCUT2D eigenvalue weighted by molar-refractivity contribution is -0.151. The van der Waals surface area contributed by atoms with Crippen LogP contribution in [-0.4, -0.2) is 46.9 Å². The van der Waals surface area contributed by atoms with Crippen LogP contribution in [0.4, 0.5) is 0 Å². The largest absolute Gasteiger partial charge is 0.462 e. The minimum Gasteiger partial charge on any atom is -0.462 e. The molecule has 0 bridgehead atoms. The number of aliphatic hydroxyl groups excluding tert-OH is 2. The third-order valence-electron chi connectivity index (χ3n) is 10.6. The minimum absolute atomic E-state index is 0.0120. The normalized spacial score (nSPS) is 14.1. The number of rotatable bonds is 42. The van der Waals surface area contributed by atoms with Crippen LogP contribution in [0.3, 0.4) is 0 Å². The van der Waals surface area contributed by atoms with E-state index in [2.05, 4.69) is 56.5 Å². The Kier molecular flexibility index (Phi) is 43.8. The van der Waals surface area contributed by atoms with Crippen molar-refractivity contribution in [3.8, 4) is 0 Å². The number of ether oxygens (including phenoxy) is 1. The Balaban J connectivity index is 4.78. The zero-order valence-corrected chi connectivity index (χ0v) is 38.4. The predicted octanol–water partition coefficient (Wildman–Crippen LogP) is 14.4. The SMILES string of the molecule is CC/C=C/C=C/C=C\C=C/C=C/CCCC(=O)OC(CCC/C=C/C=C/CCCCCCCCC)CC(=O)NC(CO)C(O)CCCCCCCCCCCCCCC. The molecule has 6 nitrogen and oxygen atoms in total. The van der Waals surface area contributed by atoms with Crippen molar-refractivity contribution in [2.45, 2.75) is 232 Å². The fourth-order valence-corrected chi connectivity index (χ4v) is 6.93. The van der Waals surface area contributed by atoms with Crippen LogP contribution < -0.4 is 5.32 Å². The predicted molar refractivity (Wildman–Crippen MR) is 254 cm³/mol. The first-order valence-corrected chi connectivity index (χ1v) is 24.4. The average Bonchev–Trinajstić information content (AvgIpc) is 3.23. The summed E-state index contributed by atoms with van der Waals surface area (Å²) in [5.74, 6) is -0.615. The number of allylic oxidation sites excluding steroid dienone is 14. The van der Waals surface area contributed by atoms with Crippen molar-refractivity contribution in [2.75, 3.05) is 6.61 Å². The molecule has 0 heterocycles. The minimum atomic E-state index is -0.814. The van der Waals surface area contributed by atoms with E-state index in [0.717, 1.165) is 51.4 Å². The standard InChI is InChI=1S/C53H91NO5/c1-4-7-10-13-16-19-22-25-28-29-32-35-38-41-44-49(59-53(58)46-43-40-37-34-31-27-24-21-18-15-12-9-6-3)47-52(57)54-50(48-55)51(56)45-42-39-36-33-30-26-23-20-17-14-11-8-5-2/h9,12,15,18,21,24,27-29,31-32,34-35,37,49-51,55-56H,4-8,10-11,13-14,16-17,19-20,22-23,25-26,30,33,36,38-48H2,1-3H3,(H,54,57)/b12-9+,18-15+,24-21-,29-28+,31-27-,35-32+,37-34+. The summed E-state index contributed by atoms with van der Waals surface area (Å²) in [6, 6.07) is -0.734. The van der Waals surface area contributed by atoms with E-state index in [1.165, 1.54) is 109 Å². The van der Waals surface area contributed by atoms with Crippen molar-refractivity contribution >= 4 is 11.9 Å². The molecule has 0 saturated heterocycles. The van der Waals surface area contributed by atoms with Crippen molar-refractivity contribution in [3.63, 3.8) is 0 Å². The average molecular weight is 822 g/mol. The van der Waals surface area contributed by atoms with E-state index < -0.39 is 18.2 Å². The fraction of sp³-hybridized carbons (Fsp3) is 0.698. The molecule has 0 saturated carbocycles. The maximum absolute atomic E-state index is 13.2. The van der Waals surface area contributed by atoms with Gasteiger partial charge in [0.1, 0.15) is 6.10 Å².